The topological polar surface area (TPSA) is 102 Å². The highest BCUT2D eigenvalue weighted by atomic mass is 35.5. The van der Waals surface area contributed by atoms with Gasteiger partial charge in [-0.1, -0.05) is 17.7 Å². The number of hydrogen-bond acceptors (Lipinski definition) is 8. The Labute approximate surface area is 198 Å². The lowest BCUT2D eigenvalue weighted by Crippen LogP contribution is -2.60. The van der Waals surface area contributed by atoms with E-state index < -0.39 is 6.04 Å². The Hall–Kier alpha value is -2.40. The van der Waals surface area contributed by atoms with Gasteiger partial charge in [0, 0.05) is 32.1 Å². The van der Waals surface area contributed by atoms with Gasteiger partial charge in [0.2, 0.25) is 11.8 Å². The Morgan fingerprint density at radius 1 is 1.31 bits per heavy atom. The Morgan fingerprint density at radius 2 is 2.16 bits per heavy atom. The number of ether oxygens (including phenoxy) is 1. The average Bonchev–Trinajstić information content (AvgIpc) is 3.20. The van der Waals surface area contributed by atoms with E-state index in [1.165, 1.54) is 36.5 Å². The van der Waals surface area contributed by atoms with Gasteiger partial charge < -0.3 is 20.3 Å². The van der Waals surface area contributed by atoms with Gasteiger partial charge in [-0.15, -0.1) is 23.1 Å². The first-order valence-corrected chi connectivity index (χ1v) is 12.1. The van der Waals surface area contributed by atoms with Crippen LogP contribution in [0.5, 0.6) is 0 Å². The molecule has 1 aliphatic rings. The van der Waals surface area contributed by atoms with Crippen LogP contribution in [0, 0.1) is 0 Å². The van der Waals surface area contributed by atoms with Crippen LogP contribution in [0.2, 0.25) is 4.34 Å². The lowest BCUT2D eigenvalue weighted by atomic mass is 10.1. The summed E-state index contributed by atoms with van der Waals surface area (Å²) in [4.78, 5) is 37.7. The first kappa shape index (κ1) is 22.8. The maximum atomic E-state index is 13.2. The Morgan fingerprint density at radius 3 is 2.91 bits per heavy atom. The maximum Gasteiger partial charge on any atom is 0.248 e. The fourth-order valence-electron chi connectivity index (χ4n) is 3.65. The van der Waals surface area contributed by atoms with Crippen molar-refractivity contribution >= 4 is 63.2 Å². The largest absolute Gasteiger partial charge is 0.383 e. The number of fused-ring (bicyclic) bond motifs is 1. The molecule has 2 N–H and O–H groups in total. The van der Waals surface area contributed by atoms with Gasteiger partial charge in [0.25, 0.3) is 0 Å². The number of benzene rings is 1. The zero-order chi connectivity index (χ0) is 22.7. The second-order valence-corrected chi connectivity index (χ2v) is 10.3. The van der Waals surface area contributed by atoms with Crippen LogP contribution in [0.4, 0.5) is 5.82 Å². The monoisotopic (exact) mass is 491 g/mol. The fourth-order valence-corrected chi connectivity index (χ4v) is 5.84. The second kappa shape index (κ2) is 10.0. The first-order chi connectivity index (χ1) is 15.5. The van der Waals surface area contributed by atoms with Crippen molar-refractivity contribution in [2.75, 3.05) is 38.3 Å². The molecular weight excluding hydrogens is 470 g/mol. The van der Waals surface area contributed by atoms with Crippen LogP contribution in [-0.4, -0.2) is 70.2 Å². The third-order valence-electron chi connectivity index (χ3n) is 5.22. The molecule has 0 spiro atoms. The molecule has 2 aromatic heterocycles. The van der Waals surface area contributed by atoms with E-state index in [2.05, 4.69) is 9.97 Å². The summed E-state index contributed by atoms with van der Waals surface area (Å²) in [5.74, 6) is 0.453. The number of piperazine rings is 1. The summed E-state index contributed by atoms with van der Waals surface area (Å²) in [6, 6.07) is 8.75. The van der Waals surface area contributed by atoms with Crippen LogP contribution in [-0.2, 0) is 20.9 Å². The minimum Gasteiger partial charge on any atom is -0.383 e. The highest BCUT2D eigenvalue weighted by molar-refractivity contribution is 8.01. The SMILES string of the molecule is COC[C@H]1C(=O)N(Cc2ccc3c(N)ncnc3c2)CCN1C(=O)CSc1ccc(Cl)s1. The summed E-state index contributed by atoms with van der Waals surface area (Å²) >= 11 is 8.82. The lowest BCUT2D eigenvalue weighted by Gasteiger charge is -2.40. The van der Waals surface area contributed by atoms with Gasteiger partial charge in [0.05, 0.1) is 26.4 Å². The van der Waals surface area contributed by atoms with Gasteiger partial charge in [-0.25, -0.2) is 9.97 Å². The number of nitrogens with two attached hydrogens (primary N) is 1. The summed E-state index contributed by atoms with van der Waals surface area (Å²) in [6.07, 6.45) is 1.42. The van der Waals surface area contributed by atoms with Crippen LogP contribution >= 0.6 is 34.7 Å². The van der Waals surface area contributed by atoms with Crippen molar-refractivity contribution in [3.63, 3.8) is 0 Å². The van der Waals surface area contributed by atoms with Crippen molar-refractivity contribution in [3.8, 4) is 0 Å². The fraction of sp³-hybridized carbons (Fsp3) is 0.333. The molecule has 11 heteroatoms. The molecule has 1 atom stereocenters. The molecule has 3 heterocycles. The number of carbonyl (C=O) groups excluding carboxylic acids is 2. The number of thiophene rings is 1. The molecule has 1 aromatic carbocycles. The van der Waals surface area contributed by atoms with Gasteiger partial charge >= 0.3 is 0 Å². The number of rotatable bonds is 7. The van der Waals surface area contributed by atoms with E-state index in [0.29, 0.717) is 29.8 Å². The molecule has 1 saturated heterocycles. The third-order valence-corrected chi connectivity index (χ3v) is 7.66. The van der Waals surface area contributed by atoms with Crippen molar-refractivity contribution in [3.05, 3.63) is 46.6 Å². The van der Waals surface area contributed by atoms with Crippen LogP contribution in [0.1, 0.15) is 5.56 Å². The molecule has 0 aliphatic carbocycles. The number of thioether (sulfide) groups is 1. The van der Waals surface area contributed by atoms with Crippen molar-refractivity contribution < 1.29 is 14.3 Å². The molecule has 0 radical (unpaired) electrons. The smallest absolute Gasteiger partial charge is 0.248 e. The predicted octanol–water partition coefficient (Wildman–Crippen LogP) is 2.91. The number of nitrogen functional groups attached to an aromatic ring is 1. The molecule has 0 unspecified atom stereocenters. The summed E-state index contributed by atoms with van der Waals surface area (Å²) in [6.45, 7) is 1.47. The average molecular weight is 492 g/mol. The van der Waals surface area contributed by atoms with Crippen molar-refractivity contribution in [1.29, 1.82) is 0 Å². The Kier molecular flexibility index (Phi) is 7.14. The molecule has 4 rings (SSSR count). The number of aromatic nitrogens is 2. The number of methoxy groups -OCH3 is 1. The highest BCUT2D eigenvalue weighted by Crippen LogP contribution is 2.30. The molecule has 2 amide bonds. The van der Waals surface area contributed by atoms with Crippen molar-refractivity contribution in [1.82, 2.24) is 19.8 Å². The molecule has 0 bridgehead atoms. The van der Waals surface area contributed by atoms with Crippen molar-refractivity contribution in [2.24, 2.45) is 0 Å². The van der Waals surface area contributed by atoms with Crippen molar-refractivity contribution in [2.45, 2.75) is 16.8 Å². The quantitative estimate of drug-likeness (QED) is 0.507. The Bertz CT molecular complexity index is 1140. The minimum absolute atomic E-state index is 0.0903. The van der Waals surface area contributed by atoms with E-state index in [0.717, 1.165) is 20.7 Å². The van der Waals surface area contributed by atoms with E-state index in [9.17, 15) is 9.59 Å². The number of hydrogen-bond donors (Lipinski definition) is 1. The number of amides is 2. The summed E-state index contributed by atoms with van der Waals surface area (Å²) in [5, 5.41) is 0.778. The van der Waals surface area contributed by atoms with E-state index in [1.54, 1.807) is 9.80 Å². The van der Waals surface area contributed by atoms with Gasteiger partial charge in [-0.05, 0) is 29.8 Å². The van der Waals surface area contributed by atoms with E-state index in [-0.39, 0.29) is 24.2 Å². The molecular formula is C21H22ClN5O3S2. The molecule has 3 aromatic rings. The maximum absolute atomic E-state index is 13.2. The number of carbonyl (C=O) groups is 2. The molecule has 32 heavy (non-hydrogen) atoms. The normalized spacial score (nSPS) is 16.7. The number of halogens is 1. The van der Waals surface area contributed by atoms with Gasteiger partial charge in [0.15, 0.2) is 0 Å². The van der Waals surface area contributed by atoms with Gasteiger partial charge in [-0.2, -0.15) is 0 Å². The summed E-state index contributed by atoms with van der Waals surface area (Å²) in [5.41, 5.74) is 7.56. The van der Waals surface area contributed by atoms with E-state index in [1.807, 2.05) is 30.3 Å². The third kappa shape index (κ3) is 4.98. The van der Waals surface area contributed by atoms with Gasteiger partial charge in [-0.3, -0.25) is 9.59 Å². The van der Waals surface area contributed by atoms with Crippen LogP contribution in [0.3, 0.4) is 0 Å². The van der Waals surface area contributed by atoms with Crippen LogP contribution < -0.4 is 5.73 Å². The van der Waals surface area contributed by atoms with E-state index in [4.69, 9.17) is 22.1 Å². The summed E-state index contributed by atoms with van der Waals surface area (Å²) < 4.78 is 6.93. The Balaban J connectivity index is 1.44. The predicted molar refractivity (Wildman–Crippen MR) is 127 cm³/mol. The standard InChI is InChI=1S/C21H22ClN5O3S2/c1-30-10-16-21(29)26(9-13-2-3-14-15(8-13)24-12-25-20(14)23)6-7-27(16)18(28)11-31-19-5-4-17(22)32-19/h2-5,8,12,16H,6-7,9-11H2,1H3,(H2,23,24,25)/t16-/m0/s1. The second-order valence-electron chi connectivity index (χ2n) is 7.28. The first-order valence-electron chi connectivity index (χ1n) is 9.90. The summed E-state index contributed by atoms with van der Waals surface area (Å²) in [7, 11) is 1.53. The highest BCUT2D eigenvalue weighted by Gasteiger charge is 2.37. The minimum atomic E-state index is -0.646. The number of anilines is 1. The molecule has 168 valence electrons. The van der Waals surface area contributed by atoms with Gasteiger partial charge in [0.1, 0.15) is 18.2 Å². The molecule has 1 fully saturated rings. The lowest BCUT2D eigenvalue weighted by molar-refractivity contribution is -0.153. The zero-order valence-electron chi connectivity index (χ0n) is 17.4. The molecule has 1 aliphatic heterocycles. The van der Waals surface area contributed by atoms with E-state index >= 15 is 0 Å². The van der Waals surface area contributed by atoms with Crippen LogP contribution in [0.25, 0.3) is 10.9 Å². The zero-order valence-corrected chi connectivity index (χ0v) is 19.8. The number of nitrogens with zero attached hydrogens (tertiary/aromatic N) is 4. The van der Waals surface area contributed by atoms with Crippen LogP contribution in [0.15, 0.2) is 40.9 Å². The molecule has 8 nitrogen and oxygen atoms in total. The molecule has 0 saturated carbocycles.